The monoisotopic (exact) mass is 442 g/mol. The molecule has 0 radical (unpaired) electrons. The standard InChI is InChI=1S/C19H20ClFN2O5S/c1-22(2)29(26,27)15-8-9-17(20)16(10-15)19(25)28-12-18(24)23(3)11-13-4-6-14(21)7-5-13/h4-10H,11-12H2,1-3H3. The van der Waals surface area contributed by atoms with Crippen LogP contribution in [0.3, 0.4) is 0 Å². The van der Waals surface area contributed by atoms with Gasteiger partial charge in [-0.1, -0.05) is 23.7 Å². The van der Waals surface area contributed by atoms with E-state index in [0.717, 1.165) is 10.4 Å². The highest BCUT2D eigenvalue weighted by molar-refractivity contribution is 7.89. The van der Waals surface area contributed by atoms with E-state index >= 15 is 0 Å². The van der Waals surface area contributed by atoms with E-state index in [-0.39, 0.29) is 27.8 Å². The molecule has 1 amide bonds. The number of amides is 1. The first-order valence-electron chi connectivity index (χ1n) is 8.40. The molecule has 0 aliphatic rings. The number of benzene rings is 2. The number of ether oxygens (including phenoxy) is 1. The first kappa shape index (κ1) is 22.8. The number of sulfonamides is 1. The number of hydrogen-bond donors (Lipinski definition) is 0. The summed E-state index contributed by atoms with van der Waals surface area (Å²) in [5.74, 6) is -1.79. The van der Waals surface area contributed by atoms with Crippen molar-refractivity contribution in [3.05, 3.63) is 64.4 Å². The Kier molecular flexibility index (Phi) is 7.34. The molecule has 0 heterocycles. The summed E-state index contributed by atoms with van der Waals surface area (Å²) in [6.45, 7) is -0.356. The third-order valence-electron chi connectivity index (χ3n) is 4.02. The second-order valence-electron chi connectivity index (χ2n) is 6.38. The van der Waals surface area contributed by atoms with Gasteiger partial charge in [-0.05, 0) is 35.9 Å². The predicted molar refractivity (Wildman–Crippen MR) is 105 cm³/mol. The lowest BCUT2D eigenvalue weighted by Gasteiger charge is -2.17. The highest BCUT2D eigenvalue weighted by Gasteiger charge is 2.22. The highest BCUT2D eigenvalue weighted by atomic mass is 35.5. The second kappa shape index (κ2) is 9.34. The first-order valence-corrected chi connectivity index (χ1v) is 10.2. The summed E-state index contributed by atoms with van der Waals surface area (Å²) in [5.41, 5.74) is 0.543. The molecule has 2 aromatic rings. The Balaban J connectivity index is 2.04. The molecule has 2 aromatic carbocycles. The van der Waals surface area contributed by atoms with E-state index in [4.69, 9.17) is 16.3 Å². The molecule has 0 aliphatic carbocycles. The molecule has 10 heteroatoms. The van der Waals surface area contributed by atoms with E-state index in [1.54, 1.807) is 12.1 Å². The Labute approximate surface area is 173 Å². The maximum absolute atomic E-state index is 12.9. The van der Waals surface area contributed by atoms with Gasteiger partial charge in [-0.15, -0.1) is 0 Å². The van der Waals surface area contributed by atoms with Crippen LogP contribution in [0.5, 0.6) is 0 Å². The number of esters is 1. The van der Waals surface area contributed by atoms with Gasteiger partial charge in [0.2, 0.25) is 10.0 Å². The van der Waals surface area contributed by atoms with Crippen molar-refractivity contribution < 1.29 is 27.1 Å². The number of likely N-dealkylation sites (N-methyl/N-ethyl adjacent to an activating group) is 1. The number of carbonyl (C=O) groups is 2. The minimum absolute atomic E-state index is 0.000165. The molecule has 0 aromatic heterocycles. The predicted octanol–water partition coefficient (Wildman–Crippen LogP) is 2.54. The Morgan fingerprint density at radius 1 is 1.07 bits per heavy atom. The lowest BCUT2D eigenvalue weighted by atomic mass is 10.2. The summed E-state index contributed by atoms with van der Waals surface area (Å²) in [6.07, 6.45) is 0. The summed E-state index contributed by atoms with van der Waals surface area (Å²) in [7, 11) is 0.461. The van der Waals surface area contributed by atoms with Gasteiger partial charge >= 0.3 is 5.97 Å². The number of rotatable bonds is 7. The molecule has 0 N–H and O–H groups in total. The SMILES string of the molecule is CN(Cc1ccc(F)cc1)C(=O)COC(=O)c1cc(S(=O)(=O)N(C)C)ccc1Cl. The second-order valence-corrected chi connectivity index (χ2v) is 8.94. The first-order chi connectivity index (χ1) is 13.5. The van der Waals surface area contributed by atoms with Gasteiger partial charge < -0.3 is 9.64 Å². The lowest BCUT2D eigenvalue weighted by Crippen LogP contribution is -2.31. The van der Waals surface area contributed by atoms with Crippen LogP contribution in [0, 0.1) is 5.82 Å². The summed E-state index contributed by atoms with van der Waals surface area (Å²) in [4.78, 5) is 25.7. The molecule has 0 atom stereocenters. The van der Waals surface area contributed by atoms with Crippen LogP contribution in [0.25, 0.3) is 0 Å². The molecule has 0 bridgehead atoms. The molecule has 0 aliphatic heterocycles. The van der Waals surface area contributed by atoms with E-state index in [0.29, 0.717) is 5.56 Å². The number of carbonyl (C=O) groups excluding carboxylic acids is 2. The molecule has 29 heavy (non-hydrogen) atoms. The third-order valence-corrected chi connectivity index (χ3v) is 6.16. The van der Waals surface area contributed by atoms with Gasteiger partial charge in [0.25, 0.3) is 5.91 Å². The van der Waals surface area contributed by atoms with Crippen molar-refractivity contribution in [1.29, 1.82) is 0 Å². The van der Waals surface area contributed by atoms with Gasteiger partial charge in [0, 0.05) is 27.7 Å². The van der Waals surface area contributed by atoms with Crippen molar-refractivity contribution in [3.8, 4) is 0 Å². The normalized spacial score (nSPS) is 11.4. The Bertz CT molecular complexity index is 1010. The minimum atomic E-state index is -3.77. The van der Waals surface area contributed by atoms with E-state index in [9.17, 15) is 22.4 Å². The van der Waals surface area contributed by atoms with Crippen LogP contribution < -0.4 is 0 Å². The third kappa shape index (κ3) is 5.75. The van der Waals surface area contributed by atoms with Crippen molar-refractivity contribution in [1.82, 2.24) is 9.21 Å². The van der Waals surface area contributed by atoms with Gasteiger partial charge in [-0.25, -0.2) is 21.9 Å². The Hall–Kier alpha value is -2.49. The summed E-state index contributed by atoms with van der Waals surface area (Å²) < 4.78 is 43.4. The molecule has 2 rings (SSSR count). The zero-order valence-corrected chi connectivity index (χ0v) is 17.6. The van der Waals surface area contributed by atoms with E-state index < -0.39 is 28.5 Å². The Morgan fingerprint density at radius 3 is 2.28 bits per heavy atom. The molecule has 0 saturated heterocycles. The molecule has 156 valence electrons. The minimum Gasteiger partial charge on any atom is -0.452 e. The van der Waals surface area contributed by atoms with Crippen LogP contribution in [0.4, 0.5) is 4.39 Å². The number of halogens is 2. The van der Waals surface area contributed by atoms with Crippen LogP contribution >= 0.6 is 11.6 Å². The summed E-state index contributed by atoms with van der Waals surface area (Å²) in [5, 5.41) is -0.000165. The van der Waals surface area contributed by atoms with Gasteiger partial charge in [0.05, 0.1) is 15.5 Å². The zero-order valence-electron chi connectivity index (χ0n) is 16.1. The van der Waals surface area contributed by atoms with E-state index in [1.807, 2.05) is 0 Å². The van der Waals surface area contributed by atoms with Gasteiger partial charge in [-0.2, -0.15) is 0 Å². The molecule has 0 unspecified atom stereocenters. The maximum atomic E-state index is 12.9. The molecule has 0 fully saturated rings. The molecule has 0 saturated carbocycles. The van der Waals surface area contributed by atoms with Crippen molar-refractivity contribution in [3.63, 3.8) is 0 Å². The topological polar surface area (TPSA) is 84.0 Å². The fourth-order valence-electron chi connectivity index (χ4n) is 2.30. The van der Waals surface area contributed by atoms with Crippen LogP contribution in [0.15, 0.2) is 47.4 Å². The molecule has 0 spiro atoms. The zero-order chi connectivity index (χ0) is 21.8. The highest BCUT2D eigenvalue weighted by Crippen LogP contribution is 2.23. The summed E-state index contributed by atoms with van der Waals surface area (Å²) >= 11 is 5.98. The van der Waals surface area contributed by atoms with Gasteiger partial charge in [0.15, 0.2) is 6.61 Å². The quantitative estimate of drug-likeness (QED) is 0.615. The Morgan fingerprint density at radius 2 is 1.69 bits per heavy atom. The van der Waals surface area contributed by atoms with Gasteiger partial charge in [-0.3, -0.25) is 4.79 Å². The van der Waals surface area contributed by atoms with Crippen molar-refractivity contribution >= 4 is 33.5 Å². The smallest absolute Gasteiger partial charge is 0.340 e. The number of hydrogen-bond acceptors (Lipinski definition) is 5. The van der Waals surface area contributed by atoms with Crippen molar-refractivity contribution in [2.75, 3.05) is 27.7 Å². The van der Waals surface area contributed by atoms with Crippen LogP contribution in [-0.2, 0) is 26.1 Å². The van der Waals surface area contributed by atoms with Crippen molar-refractivity contribution in [2.45, 2.75) is 11.4 Å². The van der Waals surface area contributed by atoms with Crippen LogP contribution in [0.1, 0.15) is 15.9 Å². The van der Waals surface area contributed by atoms with Crippen LogP contribution in [0.2, 0.25) is 5.02 Å². The molecular weight excluding hydrogens is 423 g/mol. The molecule has 7 nitrogen and oxygen atoms in total. The fraction of sp³-hybridized carbons (Fsp3) is 0.263. The summed E-state index contributed by atoms with van der Waals surface area (Å²) in [6, 6.07) is 9.30. The van der Waals surface area contributed by atoms with E-state index in [1.165, 1.54) is 50.3 Å². The van der Waals surface area contributed by atoms with E-state index in [2.05, 4.69) is 0 Å². The average Bonchev–Trinajstić information content (AvgIpc) is 2.67. The van der Waals surface area contributed by atoms with Gasteiger partial charge in [0.1, 0.15) is 5.82 Å². The molecular formula is C19H20ClFN2O5S. The largest absolute Gasteiger partial charge is 0.452 e. The fourth-order valence-corrected chi connectivity index (χ4v) is 3.42. The lowest BCUT2D eigenvalue weighted by molar-refractivity contribution is -0.133. The number of nitrogens with zero attached hydrogens (tertiary/aromatic N) is 2. The average molecular weight is 443 g/mol. The van der Waals surface area contributed by atoms with Crippen molar-refractivity contribution in [2.24, 2.45) is 0 Å². The van der Waals surface area contributed by atoms with Crippen LogP contribution in [-0.4, -0.2) is 57.2 Å². The maximum Gasteiger partial charge on any atom is 0.340 e.